The third kappa shape index (κ3) is 4.68. The van der Waals surface area contributed by atoms with Crippen molar-refractivity contribution in [3.63, 3.8) is 0 Å². The molecule has 3 aromatic rings. The van der Waals surface area contributed by atoms with E-state index in [1.807, 2.05) is 36.2 Å². The minimum atomic E-state index is -0.452. The zero-order valence-electron chi connectivity index (χ0n) is 16.0. The van der Waals surface area contributed by atoms with Crippen LogP contribution >= 0.6 is 11.3 Å². The maximum absolute atomic E-state index is 12.3. The van der Waals surface area contributed by atoms with Gasteiger partial charge in [-0.25, -0.2) is 4.79 Å². The minimum Gasteiger partial charge on any atom is -0.497 e. The fourth-order valence-corrected chi connectivity index (χ4v) is 3.73. The Morgan fingerprint density at radius 1 is 1.07 bits per heavy atom. The molecule has 0 bridgehead atoms. The van der Waals surface area contributed by atoms with Gasteiger partial charge in [-0.15, -0.1) is 11.3 Å². The van der Waals surface area contributed by atoms with Crippen LogP contribution in [0.3, 0.4) is 0 Å². The summed E-state index contributed by atoms with van der Waals surface area (Å²) in [5, 5.41) is 6.76. The van der Waals surface area contributed by atoms with Crippen LogP contribution in [0.4, 0.5) is 5.69 Å². The van der Waals surface area contributed by atoms with E-state index in [0.717, 1.165) is 22.1 Å². The van der Waals surface area contributed by atoms with Crippen molar-refractivity contribution in [2.75, 3.05) is 33.1 Å². The van der Waals surface area contributed by atoms with Crippen LogP contribution in [0.15, 0.2) is 47.8 Å². The Labute approximate surface area is 167 Å². The highest BCUT2D eigenvalue weighted by atomic mass is 32.1. The number of hydrogen-bond donors (Lipinski definition) is 1. The van der Waals surface area contributed by atoms with E-state index < -0.39 is 5.97 Å². The molecule has 28 heavy (non-hydrogen) atoms. The molecule has 1 amide bonds. The number of thiophene rings is 1. The van der Waals surface area contributed by atoms with Gasteiger partial charge in [0.15, 0.2) is 0 Å². The summed E-state index contributed by atoms with van der Waals surface area (Å²) >= 11 is 1.24. The van der Waals surface area contributed by atoms with E-state index in [0.29, 0.717) is 17.1 Å². The van der Waals surface area contributed by atoms with Crippen LogP contribution in [0.1, 0.15) is 15.2 Å². The third-order valence-corrected chi connectivity index (χ3v) is 5.18. The SMILES string of the molecule is COC(=O)c1sccc1NC(=O)CN(C)Cc1ccc2cc(OC)ccc2c1. The quantitative estimate of drug-likeness (QED) is 0.614. The summed E-state index contributed by atoms with van der Waals surface area (Å²) in [6, 6.07) is 13.9. The van der Waals surface area contributed by atoms with Crippen LogP contribution in [-0.2, 0) is 16.1 Å². The van der Waals surface area contributed by atoms with Crippen LogP contribution in [0, 0.1) is 0 Å². The Balaban J connectivity index is 1.61. The van der Waals surface area contributed by atoms with E-state index in [-0.39, 0.29) is 12.5 Å². The Kier molecular flexibility index (Phi) is 6.28. The van der Waals surface area contributed by atoms with E-state index in [1.165, 1.54) is 18.4 Å². The van der Waals surface area contributed by atoms with Gasteiger partial charge in [0.2, 0.25) is 5.91 Å². The molecule has 0 saturated carbocycles. The number of hydrogen-bond acceptors (Lipinski definition) is 6. The molecule has 1 heterocycles. The second kappa shape index (κ2) is 8.86. The number of ether oxygens (including phenoxy) is 2. The van der Waals surface area contributed by atoms with Crippen molar-refractivity contribution < 1.29 is 19.1 Å². The number of nitrogens with one attached hydrogen (secondary N) is 1. The lowest BCUT2D eigenvalue weighted by atomic mass is 10.1. The van der Waals surface area contributed by atoms with Gasteiger partial charge in [-0.05, 0) is 53.0 Å². The smallest absolute Gasteiger partial charge is 0.350 e. The van der Waals surface area contributed by atoms with E-state index in [4.69, 9.17) is 9.47 Å². The number of esters is 1. The number of benzene rings is 2. The summed E-state index contributed by atoms with van der Waals surface area (Å²) < 4.78 is 9.98. The first-order valence-electron chi connectivity index (χ1n) is 8.71. The standard InChI is InChI=1S/C21H22N2O4S/c1-23(13-19(24)22-18-8-9-28-20(18)21(25)27-3)12-14-4-5-16-11-17(26-2)7-6-15(16)10-14/h4-11H,12-13H2,1-3H3,(H,22,24). The summed E-state index contributed by atoms with van der Waals surface area (Å²) in [4.78, 5) is 26.4. The lowest BCUT2D eigenvalue weighted by molar-refractivity contribution is -0.117. The molecule has 6 nitrogen and oxygen atoms in total. The maximum Gasteiger partial charge on any atom is 0.350 e. The molecule has 146 valence electrons. The van der Waals surface area contributed by atoms with E-state index in [1.54, 1.807) is 18.6 Å². The molecule has 3 rings (SSSR count). The number of nitrogens with zero attached hydrogens (tertiary/aromatic N) is 1. The highest BCUT2D eigenvalue weighted by molar-refractivity contribution is 7.12. The van der Waals surface area contributed by atoms with Gasteiger partial charge >= 0.3 is 5.97 Å². The highest BCUT2D eigenvalue weighted by Gasteiger charge is 2.16. The van der Waals surface area contributed by atoms with Crippen LogP contribution in [0.25, 0.3) is 10.8 Å². The first-order valence-corrected chi connectivity index (χ1v) is 9.59. The molecule has 0 spiro atoms. The van der Waals surface area contributed by atoms with Crippen LogP contribution in [0.5, 0.6) is 5.75 Å². The van der Waals surface area contributed by atoms with Crippen LogP contribution < -0.4 is 10.1 Å². The van der Waals surface area contributed by atoms with Crippen LogP contribution in [0.2, 0.25) is 0 Å². The summed E-state index contributed by atoms with van der Waals surface area (Å²) in [6.07, 6.45) is 0. The van der Waals surface area contributed by atoms with Crippen molar-refractivity contribution in [3.8, 4) is 5.75 Å². The van der Waals surface area contributed by atoms with Crippen molar-refractivity contribution in [1.82, 2.24) is 4.90 Å². The molecule has 0 saturated heterocycles. The van der Waals surface area contributed by atoms with Gasteiger partial charge in [0.05, 0.1) is 26.5 Å². The molecule has 0 aliphatic carbocycles. The summed E-state index contributed by atoms with van der Waals surface area (Å²) in [5.41, 5.74) is 1.59. The van der Waals surface area contributed by atoms with Crippen molar-refractivity contribution in [2.45, 2.75) is 6.54 Å². The van der Waals surface area contributed by atoms with E-state index >= 15 is 0 Å². The number of rotatable bonds is 7. The fraction of sp³-hybridized carbons (Fsp3) is 0.238. The molecular weight excluding hydrogens is 376 g/mol. The molecule has 1 N–H and O–H groups in total. The topological polar surface area (TPSA) is 67.9 Å². The predicted octanol–water partition coefficient (Wildman–Crippen LogP) is 3.77. The van der Waals surface area contributed by atoms with E-state index in [9.17, 15) is 9.59 Å². The van der Waals surface area contributed by atoms with Gasteiger partial charge in [-0.1, -0.05) is 18.2 Å². The molecule has 0 radical (unpaired) electrons. The minimum absolute atomic E-state index is 0.184. The zero-order chi connectivity index (χ0) is 20.1. The summed E-state index contributed by atoms with van der Waals surface area (Å²) in [5.74, 6) is 0.192. The predicted molar refractivity (Wildman–Crippen MR) is 111 cm³/mol. The lowest BCUT2D eigenvalue weighted by Gasteiger charge is -2.17. The van der Waals surface area contributed by atoms with Crippen LogP contribution in [-0.4, -0.2) is 44.6 Å². The molecule has 1 aromatic heterocycles. The first kappa shape index (κ1) is 19.9. The van der Waals surface area contributed by atoms with Gasteiger partial charge in [-0.3, -0.25) is 9.69 Å². The summed E-state index contributed by atoms with van der Waals surface area (Å²) in [6.45, 7) is 0.833. The second-order valence-electron chi connectivity index (χ2n) is 6.42. The monoisotopic (exact) mass is 398 g/mol. The average molecular weight is 398 g/mol. The number of anilines is 1. The number of likely N-dealkylation sites (N-methyl/N-ethyl adjacent to an activating group) is 1. The number of carbonyl (C=O) groups excluding carboxylic acids is 2. The highest BCUT2D eigenvalue weighted by Crippen LogP contribution is 2.24. The van der Waals surface area contributed by atoms with E-state index in [2.05, 4.69) is 17.4 Å². The Hall–Kier alpha value is -2.90. The number of methoxy groups -OCH3 is 2. The van der Waals surface area contributed by atoms with Gasteiger partial charge in [0.1, 0.15) is 10.6 Å². The van der Waals surface area contributed by atoms with Crippen molar-refractivity contribution in [3.05, 3.63) is 58.3 Å². The Bertz CT molecular complexity index is 999. The first-order chi connectivity index (χ1) is 13.5. The van der Waals surface area contributed by atoms with Crippen molar-refractivity contribution >= 4 is 39.7 Å². The molecule has 0 fully saturated rings. The number of fused-ring (bicyclic) bond motifs is 1. The Morgan fingerprint density at radius 3 is 2.57 bits per heavy atom. The Morgan fingerprint density at radius 2 is 1.82 bits per heavy atom. The van der Waals surface area contributed by atoms with Crippen molar-refractivity contribution in [2.24, 2.45) is 0 Å². The molecule has 0 aliphatic rings. The largest absolute Gasteiger partial charge is 0.497 e. The maximum atomic E-state index is 12.3. The second-order valence-corrected chi connectivity index (χ2v) is 7.34. The molecule has 2 aromatic carbocycles. The summed E-state index contributed by atoms with van der Waals surface area (Å²) in [7, 11) is 4.85. The van der Waals surface area contributed by atoms with Gasteiger partial charge < -0.3 is 14.8 Å². The lowest BCUT2D eigenvalue weighted by Crippen LogP contribution is -2.30. The average Bonchev–Trinajstić information content (AvgIpc) is 3.14. The fourth-order valence-electron chi connectivity index (χ4n) is 2.96. The zero-order valence-corrected chi connectivity index (χ0v) is 16.8. The van der Waals surface area contributed by atoms with Gasteiger partial charge in [-0.2, -0.15) is 0 Å². The molecular formula is C21H22N2O4S. The molecule has 7 heteroatoms. The van der Waals surface area contributed by atoms with Crippen molar-refractivity contribution in [1.29, 1.82) is 0 Å². The normalized spacial score (nSPS) is 10.9. The molecule has 0 unspecified atom stereocenters. The number of carbonyl (C=O) groups is 2. The van der Waals surface area contributed by atoms with Gasteiger partial charge in [0.25, 0.3) is 0 Å². The third-order valence-electron chi connectivity index (χ3n) is 4.29. The number of amides is 1. The van der Waals surface area contributed by atoms with Gasteiger partial charge in [0, 0.05) is 6.54 Å². The molecule has 0 aliphatic heterocycles. The molecule has 0 atom stereocenters.